The lowest BCUT2D eigenvalue weighted by Gasteiger charge is -2.21. The zero-order valence-electron chi connectivity index (χ0n) is 11.2. The molecule has 0 atom stereocenters. The third-order valence-corrected chi connectivity index (χ3v) is 4.00. The molecule has 20 heavy (non-hydrogen) atoms. The van der Waals surface area contributed by atoms with E-state index in [1.807, 2.05) is 43.1 Å². The van der Waals surface area contributed by atoms with Crippen LogP contribution in [0.15, 0.2) is 46.2 Å². The molecule has 6 heteroatoms. The smallest absolute Gasteiger partial charge is 0.170 e. The molecule has 0 spiro atoms. The largest absolute Gasteiger partial charge is 0.409 e. The van der Waals surface area contributed by atoms with Crippen LogP contribution in [0.3, 0.4) is 0 Å². The number of anilines is 2. The van der Waals surface area contributed by atoms with Crippen molar-refractivity contribution in [1.29, 1.82) is 0 Å². The highest BCUT2D eigenvalue weighted by molar-refractivity contribution is 9.10. The highest BCUT2D eigenvalue weighted by atomic mass is 79.9. The van der Waals surface area contributed by atoms with E-state index in [-0.39, 0.29) is 5.84 Å². The number of hydrogen-bond donors (Lipinski definition) is 2. The maximum Gasteiger partial charge on any atom is 0.170 e. The molecule has 1 aromatic carbocycles. The molecule has 1 aromatic heterocycles. The number of hydrogen-bond acceptors (Lipinski definition) is 4. The van der Waals surface area contributed by atoms with Crippen molar-refractivity contribution in [1.82, 2.24) is 4.98 Å². The Hall–Kier alpha value is -2.08. The van der Waals surface area contributed by atoms with Crippen LogP contribution < -0.4 is 10.6 Å². The molecule has 5 nitrogen and oxygen atoms in total. The van der Waals surface area contributed by atoms with E-state index in [0.29, 0.717) is 5.56 Å². The van der Waals surface area contributed by atoms with E-state index < -0.39 is 0 Å². The molecular weight excluding hydrogens is 320 g/mol. The van der Waals surface area contributed by atoms with E-state index in [1.165, 1.54) is 0 Å². The molecule has 3 N–H and O–H groups in total. The van der Waals surface area contributed by atoms with Gasteiger partial charge < -0.3 is 15.8 Å². The summed E-state index contributed by atoms with van der Waals surface area (Å²) >= 11 is 3.55. The molecule has 1 heterocycles. The van der Waals surface area contributed by atoms with Crippen molar-refractivity contribution in [3.63, 3.8) is 0 Å². The summed E-state index contributed by atoms with van der Waals surface area (Å²) in [5, 5.41) is 11.8. The lowest BCUT2D eigenvalue weighted by Crippen LogP contribution is -2.16. The second-order valence-electron chi connectivity index (χ2n) is 4.36. The van der Waals surface area contributed by atoms with Crippen LogP contribution >= 0.6 is 15.9 Å². The quantitative estimate of drug-likeness (QED) is 0.391. The second kappa shape index (κ2) is 5.92. The van der Waals surface area contributed by atoms with Crippen LogP contribution in [-0.2, 0) is 0 Å². The molecule has 0 bridgehead atoms. The van der Waals surface area contributed by atoms with Crippen molar-refractivity contribution < 1.29 is 5.21 Å². The number of halogens is 1. The van der Waals surface area contributed by atoms with Crippen LogP contribution in [0, 0.1) is 6.92 Å². The average Bonchev–Trinajstić information content (AvgIpc) is 2.48. The van der Waals surface area contributed by atoms with Crippen molar-refractivity contribution in [2.45, 2.75) is 6.92 Å². The molecular formula is C14H15BrN4O. The van der Waals surface area contributed by atoms with Crippen LogP contribution in [0.1, 0.15) is 11.1 Å². The van der Waals surface area contributed by atoms with E-state index in [2.05, 4.69) is 26.1 Å². The van der Waals surface area contributed by atoms with E-state index in [9.17, 15) is 0 Å². The Balaban J connectivity index is 2.43. The Labute approximate surface area is 125 Å². The van der Waals surface area contributed by atoms with Gasteiger partial charge in [0.15, 0.2) is 5.84 Å². The third-order valence-electron chi connectivity index (χ3n) is 3.02. The molecule has 0 aliphatic heterocycles. The fourth-order valence-corrected chi connectivity index (χ4v) is 2.31. The predicted molar refractivity (Wildman–Crippen MR) is 83.7 cm³/mol. The number of aryl methyl sites for hydroxylation is 1. The summed E-state index contributed by atoms with van der Waals surface area (Å²) in [5.41, 5.74) is 8.27. The first-order valence-corrected chi connectivity index (χ1v) is 6.76. The summed E-state index contributed by atoms with van der Waals surface area (Å²) in [6, 6.07) is 9.35. The summed E-state index contributed by atoms with van der Waals surface area (Å²) in [7, 11) is 1.91. The number of aromatic nitrogens is 1. The zero-order valence-corrected chi connectivity index (χ0v) is 12.8. The molecule has 2 aromatic rings. The minimum absolute atomic E-state index is 0.0801. The fraction of sp³-hybridized carbons (Fsp3) is 0.143. The second-order valence-corrected chi connectivity index (χ2v) is 5.15. The summed E-state index contributed by atoms with van der Waals surface area (Å²) in [4.78, 5) is 6.31. The van der Waals surface area contributed by atoms with Gasteiger partial charge in [-0.2, -0.15) is 0 Å². The summed E-state index contributed by atoms with van der Waals surface area (Å²) < 4.78 is 0.941. The van der Waals surface area contributed by atoms with Crippen molar-refractivity contribution in [2.24, 2.45) is 10.9 Å². The summed E-state index contributed by atoms with van der Waals surface area (Å²) in [6.07, 6.45) is 1.76. The summed E-state index contributed by atoms with van der Waals surface area (Å²) in [5.74, 6) is 0.887. The van der Waals surface area contributed by atoms with Crippen molar-refractivity contribution in [3.05, 3.63) is 52.1 Å². The number of nitrogens with zero attached hydrogens (tertiary/aromatic N) is 3. The van der Waals surface area contributed by atoms with Crippen molar-refractivity contribution in [2.75, 3.05) is 11.9 Å². The van der Waals surface area contributed by atoms with Gasteiger partial charge >= 0.3 is 0 Å². The first-order chi connectivity index (χ1) is 9.54. The molecule has 0 aliphatic carbocycles. The maximum atomic E-state index is 8.74. The van der Waals surface area contributed by atoms with Gasteiger partial charge in [0, 0.05) is 24.5 Å². The van der Waals surface area contributed by atoms with Gasteiger partial charge in [0.25, 0.3) is 0 Å². The van der Waals surface area contributed by atoms with Gasteiger partial charge in [-0.15, -0.1) is 0 Å². The molecule has 2 rings (SSSR count). The normalized spacial score (nSPS) is 11.4. The molecule has 0 radical (unpaired) electrons. The lowest BCUT2D eigenvalue weighted by atomic mass is 10.1. The molecule has 0 saturated heterocycles. The molecule has 104 valence electrons. The Kier molecular flexibility index (Phi) is 4.24. The van der Waals surface area contributed by atoms with Gasteiger partial charge in [-0.3, -0.25) is 0 Å². The molecule has 0 saturated carbocycles. The minimum Gasteiger partial charge on any atom is -0.409 e. The average molecular weight is 335 g/mol. The third kappa shape index (κ3) is 2.75. The number of benzene rings is 1. The lowest BCUT2D eigenvalue weighted by molar-refractivity contribution is 0.318. The zero-order chi connectivity index (χ0) is 14.7. The van der Waals surface area contributed by atoms with E-state index in [1.54, 1.807) is 12.3 Å². The maximum absolute atomic E-state index is 8.74. The van der Waals surface area contributed by atoms with Gasteiger partial charge in [0.05, 0.1) is 4.47 Å². The standard InChI is InChI=1S/C14H15BrN4O/c1-9-6-7-17-14(12(9)15)19(2)11-5-3-4-10(8-11)13(16)18-20/h3-8,20H,1-2H3,(H2,16,18). The predicted octanol–water partition coefficient (Wildman–Crippen LogP) is 3.01. The number of oxime groups is 1. The van der Waals surface area contributed by atoms with Gasteiger partial charge in [-0.1, -0.05) is 17.3 Å². The van der Waals surface area contributed by atoms with E-state index >= 15 is 0 Å². The van der Waals surface area contributed by atoms with E-state index in [4.69, 9.17) is 10.9 Å². The van der Waals surface area contributed by atoms with Gasteiger partial charge in [-0.05, 0) is 46.6 Å². The summed E-state index contributed by atoms with van der Waals surface area (Å²) in [6.45, 7) is 2.01. The SMILES string of the molecule is Cc1ccnc(N(C)c2cccc(/C(N)=N/O)c2)c1Br. The first-order valence-electron chi connectivity index (χ1n) is 5.97. The highest BCUT2D eigenvalue weighted by Crippen LogP contribution is 2.31. The van der Waals surface area contributed by atoms with Crippen molar-refractivity contribution >= 4 is 33.3 Å². The topological polar surface area (TPSA) is 74.7 Å². The first kappa shape index (κ1) is 14.3. The highest BCUT2D eigenvalue weighted by Gasteiger charge is 2.12. The van der Waals surface area contributed by atoms with Gasteiger partial charge in [-0.25, -0.2) is 4.98 Å². The number of rotatable bonds is 3. The van der Waals surface area contributed by atoms with Crippen LogP contribution in [0.4, 0.5) is 11.5 Å². The molecule has 0 amide bonds. The van der Waals surface area contributed by atoms with Crippen molar-refractivity contribution in [3.8, 4) is 0 Å². The molecule has 0 aliphatic rings. The van der Waals surface area contributed by atoms with Gasteiger partial charge in [0.2, 0.25) is 0 Å². The van der Waals surface area contributed by atoms with Crippen LogP contribution in [0.2, 0.25) is 0 Å². The number of amidine groups is 1. The molecule has 0 unspecified atom stereocenters. The Morgan fingerprint density at radius 2 is 2.15 bits per heavy atom. The van der Waals surface area contributed by atoms with Crippen LogP contribution in [-0.4, -0.2) is 23.1 Å². The number of pyridine rings is 1. The Bertz CT molecular complexity index is 657. The minimum atomic E-state index is 0.0801. The monoisotopic (exact) mass is 334 g/mol. The number of nitrogens with two attached hydrogens (primary N) is 1. The van der Waals surface area contributed by atoms with Crippen LogP contribution in [0.5, 0.6) is 0 Å². The molecule has 0 fully saturated rings. The van der Waals surface area contributed by atoms with Crippen LogP contribution in [0.25, 0.3) is 0 Å². The Morgan fingerprint density at radius 1 is 1.40 bits per heavy atom. The van der Waals surface area contributed by atoms with E-state index in [0.717, 1.165) is 21.5 Å². The Morgan fingerprint density at radius 3 is 2.85 bits per heavy atom. The fourth-order valence-electron chi connectivity index (χ4n) is 1.81. The van der Waals surface area contributed by atoms with Gasteiger partial charge in [0.1, 0.15) is 5.82 Å².